The Morgan fingerprint density at radius 2 is 2.00 bits per heavy atom. The van der Waals surface area contributed by atoms with E-state index in [2.05, 4.69) is 15.4 Å². The van der Waals surface area contributed by atoms with Crippen molar-refractivity contribution in [3.8, 4) is 11.4 Å². The third kappa shape index (κ3) is 2.57. The first-order valence-electron chi connectivity index (χ1n) is 5.87. The van der Waals surface area contributed by atoms with Crippen molar-refractivity contribution in [2.24, 2.45) is 0 Å². The molecule has 0 unspecified atom stereocenters. The van der Waals surface area contributed by atoms with Crippen molar-refractivity contribution in [3.05, 3.63) is 52.2 Å². The molecule has 2 heterocycles. The fourth-order valence-corrected chi connectivity index (χ4v) is 2.55. The summed E-state index contributed by atoms with van der Waals surface area (Å²) < 4.78 is 0. The Kier molecular flexibility index (Phi) is 3.26. The number of hydrogen-bond donors (Lipinski definition) is 1. The lowest BCUT2D eigenvalue weighted by Crippen LogP contribution is -2.02. The van der Waals surface area contributed by atoms with Gasteiger partial charge in [0.25, 0.3) is 0 Å². The monoisotopic (exact) mass is 286 g/mol. The van der Waals surface area contributed by atoms with E-state index in [1.165, 1.54) is 16.1 Å². The van der Waals surface area contributed by atoms with E-state index < -0.39 is 5.97 Å². The van der Waals surface area contributed by atoms with E-state index in [-0.39, 0.29) is 0 Å². The molecule has 100 valence electrons. The van der Waals surface area contributed by atoms with Crippen LogP contribution >= 0.6 is 11.3 Å². The number of nitrogens with zero attached hydrogens (tertiary/aromatic N) is 4. The SMILES string of the molecule is O=C(O)c1ccc(Cn2nnc(-c3ccccc3)n2)s1. The van der Waals surface area contributed by atoms with Crippen LogP contribution in [0, 0.1) is 0 Å². The molecule has 3 aromatic rings. The number of benzene rings is 1. The minimum atomic E-state index is -0.919. The number of hydrogen-bond acceptors (Lipinski definition) is 5. The summed E-state index contributed by atoms with van der Waals surface area (Å²) in [5.41, 5.74) is 0.899. The normalized spacial score (nSPS) is 10.6. The van der Waals surface area contributed by atoms with Gasteiger partial charge in [-0.1, -0.05) is 30.3 Å². The van der Waals surface area contributed by atoms with Crippen molar-refractivity contribution in [1.29, 1.82) is 0 Å². The molecule has 0 spiro atoms. The largest absolute Gasteiger partial charge is 0.477 e. The Balaban J connectivity index is 1.78. The van der Waals surface area contributed by atoms with Crippen LogP contribution in [0.25, 0.3) is 11.4 Å². The molecule has 20 heavy (non-hydrogen) atoms. The fourth-order valence-electron chi connectivity index (χ4n) is 1.73. The first-order valence-corrected chi connectivity index (χ1v) is 6.69. The van der Waals surface area contributed by atoms with Crippen molar-refractivity contribution >= 4 is 17.3 Å². The van der Waals surface area contributed by atoms with Gasteiger partial charge in [-0.15, -0.1) is 21.5 Å². The summed E-state index contributed by atoms with van der Waals surface area (Å²) in [5.74, 6) is -0.363. The molecule has 7 heteroatoms. The Morgan fingerprint density at radius 1 is 1.20 bits per heavy atom. The van der Waals surface area contributed by atoms with Gasteiger partial charge < -0.3 is 5.11 Å². The zero-order chi connectivity index (χ0) is 13.9. The van der Waals surface area contributed by atoms with Crippen molar-refractivity contribution in [2.75, 3.05) is 0 Å². The first kappa shape index (κ1) is 12.5. The Hall–Kier alpha value is -2.54. The second kappa shape index (κ2) is 5.22. The molecule has 3 rings (SSSR count). The maximum atomic E-state index is 10.8. The highest BCUT2D eigenvalue weighted by Gasteiger charge is 2.09. The molecule has 0 radical (unpaired) electrons. The average Bonchev–Trinajstić information content (AvgIpc) is 3.10. The van der Waals surface area contributed by atoms with Gasteiger partial charge in [-0.2, -0.15) is 4.80 Å². The molecule has 2 aromatic heterocycles. The number of thiophene rings is 1. The summed E-state index contributed by atoms with van der Waals surface area (Å²) in [7, 11) is 0. The molecule has 0 atom stereocenters. The van der Waals surface area contributed by atoms with Crippen LogP contribution in [-0.2, 0) is 6.54 Å². The molecular weight excluding hydrogens is 276 g/mol. The van der Waals surface area contributed by atoms with Crippen LogP contribution in [0.4, 0.5) is 0 Å². The van der Waals surface area contributed by atoms with Gasteiger partial charge in [0.15, 0.2) is 0 Å². The minimum Gasteiger partial charge on any atom is -0.477 e. The third-order valence-corrected chi connectivity index (χ3v) is 3.71. The number of aromatic carboxylic acids is 1. The van der Waals surface area contributed by atoms with Gasteiger partial charge in [0, 0.05) is 10.4 Å². The quantitative estimate of drug-likeness (QED) is 0.794. The van der Waals surface area contributed by atoms with Crippen LogP contribution in [0.1, 0.15) is 14.5 Å². The molecule has 0 fully saturated rings. The molecule has 0 saturated carbocycles. The van der Waals surface area contributed by atoms with E-state index in [1.54, 1.807) is 12.1 Å². The van der Waals surface area contributed by atoms with Gasteiger partial charge in [0.1, 0.15) is 4.88 Å². The van der Waals surface area contributed by atoms with Gasteiger partial charge in [-0.25, -0.2) is 4.79 Å². The predicted molar refractivity (Wildman–Crippen MR) is 73.6 cm³/mol. The van der Waals surface area contributed by atoms with Crippen molar-refractivity contribution < 1.29 is 9.90 Å². The molecule has 0 aliphatic rings. The number of rotatable bonds is 4. The lowest BCUT2D eigenvalue weighted by atomic mass is 10.2. The van der Waals surface area contributed by atoms with E-state index in [4.69, 9.17) is 5.11 Å². The Labute approximate surface area is 118 Å². The van der Waals surface area contributed by atoms with Gasteiger partial charge >= 0.3 is 5.97 Å². The highest BCUT2D eigenvalue weighted by molar-refractivity contribution is 7.13. The average molecular weight is 286 g/mol. The lowest BCUT2D eigenvalue weighted by molar-refractivity contribution is 0.0702. The zero-order valence-electron chi connectivity index (χ0n) is 10.3. The summed E-state index contributed by atoms with van der Waals surface area (Å²) in [6.07, 6.45) is 0. The van der Waals surface area contributed by atoms with Crippen LogP contribution < -0.4 is 0 Å². The third-order valence-electron chi connectivity index (χ3n) is 2.65. The van der Waals surface area contributed by atoms with Crippen LogP contribution in [0.3, 0.4) is 0 Å². The van der Waals surface area contributed by atoms with E-state index in [0.29, 0.717) is 17.2 Å². The highest BCUT2D eigenvalue weighted by Crippen LogP contribution is 2.18. The summed E-state index contributed by atoms with van der Waals surface area (Å²) in [6, 6.07) is 12.9. The Bertz CT molecular complexity index is 736. The topological polar surface area (TPSA) is 80.9 Å². The number of carboxylic acid groups (broad SMARTS) is 1. The smallest absolute Gasteiger partial charge is 0.345 e. The summed E-state index contributed by atoms with van der Waals surface area (Å²) in [4.78, 5) is 13.5. The maximum Gasteiger partial charge on any atom is 0.345 e. The molecule has 0 aliphatic carbocycles. The second-order valence-corrected chi connectivity index (χ2v) is 5.25. The molecule has 0 aliphatic heterocycles. The maximum absolute atomic E-state index is 10.8. The minimum absolute atomic E-state index is 0.309. The van der Waals surface area contributed by atoms with Crippen LogP contribution in [0.5, 0.6) is 0 Å². The lowest BCUT2D eigenvalue weighted by Gasteiger charge is -1.94. The predicted octanol–water partition coefficient (Wildman–Crippen LogP) is 2.15. The molecule has 0 amide bonds. The molecule has 0 saturated heterocycles. The van der Waals surface area contributed by atoms with Crippen LogP contribution in [0.2, 0.25) is 0 Å². The molecule has 0 bridgehead atoms. The van der Waals surface area contributed by atoms with Gasteiger partial charge in [-0.3, -0.25) is 0 Å². The Morgan fingerprint density at radius 3 is 2.70 bits per heavy atom. The van der Waals surface area contributed by atoms with Gasteiger partial charge in [-0.05, 0) is 17.3 Å². The second-order valence-electron chi connectivity index (χ2n) is 4.08. The number of aromatic nitrogens is 4. The van der Waals surface area contributed by atoms with E-state index in [1.807, 2.05) is 30.3 Å². The standard InChI is InChI=1S/C13H10N4O2S/c18-13(19)11-7-6-10(20-11)8-17-15-12(14-16-17)9-4-2-1-3-5-9/h1-7H,8H2,(H,18,19). The van der Waals surface area contributed by atoms with Gasteiger partial charge in [0.05, 0.1) is 6.54 Å². The fraction of sp³-hybridized carbons (Fsp3) is 0.0769. The van der Waals surface area contributed by atoms with Gasteiger partial charge in [0.2, 0.25) is 5.82 Å². The first-order chi connectivity index (χ1) is 9.72. The molecular formula is C13H10N4O2S. The summed E-state index contributed by atoms with van der Waals surface area (Å²) >= 11 is 1.21. The van der Waals surface area contributed by atoms with Crippen molar-refractivity contribution in [3.63, 3.8) is 0 Å². The van der Waals surface area contributed by atoms with Crippen molar-refractivity contribution in [2.45, 2.75) is 6.54 Å². The van der Waals surface area contributed by atoms with Crippen LogP contribution in [-0.4, -0.2) is 31.3 Å². The summed E-state index contributed by atoms with van der Waals surface area (Å²) in [6.45, 7) is 0.414. The molecule has 1 aromatic carbocycles. The molecule has 1 N–H and O–H groups in total. The zero-order valence-corrected chi connectivity index (χ0v) is 11.1. The highest BCUT2D eigenvalue weighted by atomic mass is 32.1. The van der Waals surface area contributed by atoms with Crippen molar-refractivity contribution in [1.82, 2.24) is 20.2 Å². The number of carbonyl (C=O) groups is 1. The van der Waals surface area contributed by atoms with Crippen LogP contribution in [0.15, 0.2) is 42.5 Å². The number of tetrazole rings is 1. The van der Waals surface area contributed by atoms with E-state index >= 15 is 0 Å². The molecule has 6 nitrogen and oxygen atoms in total. The summed E-state index contributed by atoms with van der Waals surface area (Å²) in [5, 5.41) is 21.1. The number of carboxylic acids is 1. The van der Waals surface area contributed by atoms with E-state index in [9.17, 15) is 4.79 Å². The van der Waals surface area contributed by atoms with E-state index in [0.717, 1.165) is 10.4 Å².